The molecule has 3 rings (SSSR count). The Hall–Kier alpha value is -1.53. The lowest BCUT2D eigenvalue weighted by Gasteiger charge is -2.36. The van der Waals surface area contributed by atoms with Gasteiger partial charge in [0, 0.05) is 23.2 Å². The smallest absolute Gasteiger partial charge is 0.313 e. The fourth-order valence-corrected chi connectivity index (χ4v) is 4.46. The van der Waals surface area contributed by atoms with Crippen LogP contribution in [0.1, 0.15) is 38.5 Å². The summed E-state index contributed by atoms with van der Waals surface area (Å²) in [6.45, 7) is 2.84. The quantitative estimate of drug-likeness (QED) is 0.613. The first-order valence-corrected chi connectivity index (χ1v) is 10.9. The van der Waals surface area contributed by atoms with Gasteiger partial charge in [-0.15, -0.1) is 11.8 Å². The van der Waals surface area contributed by atoms with Crippen LogP contribution in [-0.2, 0) is 9.59 Å². The third kappa shape index (κ3) is 5.24. The lowest BCUT2D eigenvalue weighted by Crippen LogP contribution is -2.44. The van der Waals surface area contributed by atoms with E-state index < -0.39 is 11.8 Å². The topological polar surface area (TPSA) is 61.4 Å². The van der Waals surface area contributed by atoms with Gasteiger partial charge < -0.3 is 15.5 Å². The monoisotopic (exact) mass is 375 g/mol. The Kier molecular flexibility index (Phi) is 6.97. The second kappa shape index (κ2) is 9.42. The highest BCUT2D eigenvalue weighted by atomic mass is 32.2. The average molecular weight is 376 g/mol. The Morgan fingerprint density at radius 1 is 1.12 bits per heavy atom. The van der Waals surface area contributed by atoms with Gasteiger partial charge in [-0.1, -0.05) is 18.9 Å². The van der Waals surface area contributed by atoms with E-state index in [2.05, 4.69) is 15.5 Å². The summed E-state index contributed by atoms with van der Waals surface area (Å²) >= 11 is 1.60. The molecule has 0 aromatic heterocycles. The van der Waals surface area contributed by atoms with Crippen molar-refractivity contribution in [3.05, 3.63) is 24.3 Å². The molecular formula is C20H29N3O2S. The Balaban J connectivity index is 1.39. The van der Waals surface area contributed by atoms with Crippen LogP contribution in [0.3, 0.4) is 0 Å². The Morgan fingerprint density at radius 2 is 1.85 bits per heavy atom. The third-order valence-electron chi connectivity index (χ3n) is 5.58. The van der Waals surface area contributed by atoms with Gasteiger partial charge in [-0.25, -0.2) is 0 Å². The maximum atomic E-state index is 12.1. The van der Waals surface area contributed by atoms with Crippen molar-refractivity contribution < 1.29 is 9.59 Å². The first kappa shape index (κ1) is 19.2. The van der Waals surface area contributed by atoms with Crippen LogP contribution in [0.15, 0.2) is 29.2 Å². The lowest BCUT2D eigenvalue weighted by atomic mass is 9.95. The van der Waals surface area contributed by atoms with Crippen LogP contribution in [0, 0.1) is 5.92 Å². The molecule has 0 radical (unpaired) electrons. The molecule has 0 unspecified atom stereocenters. The second-order valence-corrected chi connectivity index (χ2v) is 8.19. The fourth-order valence-electron chi connectivity index (χ4n) is 4.00. The molecule has 142 valence electrons. The van der Waals surface area contributed by atoms with E-state index in [1.807, 2.05) is 24.5 Å². The van der Waals surface area contributed by atoms with Crippen molar-refractivity contribution in [2.75, 3.05) is 31.2 Å². The molecule has 1 saturated heterocycles. The zero-order valence-corrected chi connectivity index (χ0v) is 16.3. The number of anilines is 1. The standard InChI is InChI=1S/C20H29N3O2S/c1-26-18-8-4-5-16(13-18)22-20(25)19(24)21-14-15-9-11-23(12-10-15)17-6-2-3-7-17/h4-5,8,13,15,17H,2-3,6-7,9-12,14H2,1H3,(H,21,24)(H,22,25). The summed E-state index contributed by atoms with van der Waals surface area (Å²) in [5.41, 5.74) is 0.655. The number of likely N-dealkylation sites (tertiary alicyclic amines) is 1. The summed E-state index contributed by atoms with van der Waals surface area (Å²) in [5.74, 6) is -0.659. The van der Waals surface area contributed by atoms with Gasteiger partial charge in [0.15, 0.2) is 0 Å². The van der Waals surface area contributed by atoms with E-state index in [-0.39, 0.29) is 0 Å². The average Bonchev–Trinajstić information content (AvgIpc) is 3.21. The van der Waals surface area contributed by atoms with Crippen LogP contribution >= 0.6 is 11.8 Å². The van der Waals surface area contributed by atoms with Crippen LogP contribution in [0.5, 0.6) is 0 Å². The van der Waals surface area contributed by atoms with E-state index in [0.717, 1.165) is 36.9 Å². The molecule has 2 N–H and O–H groups in total. The molecule has 2 fully saturated rings. The van der Waals surface area contributed by atoms with Gasteiger partial charge in [0.1, 0.15) is 0 Å². The first-order chi connectivity index (χ1) is 12.7. The fraction of sp³-hybridized carbons (Fsp3) is 0.600. The summed E-state index contributed by atoms with van der Waals surface area (Å²) in [6, 6.07) is 8.29. The summed E-state index contributed by atoms with van der Waals surface area (Å²) in [6.07, 6.45) is 9.62. The molecule has 1 saturated carbocycles. The van der Waals surface area contributed by atoms with E-state index in [9.17, 15) is 9.59 Å². The van der Waals surface area contributed by atoms with E-state index in [1.54, 1.807) is 17.8 Å². The molecule has 2 amide bonds. The van der Waals surface area contributed by atoms with Crippen molar-refractivity contribution in [1.29, 1.82) is 0 Å². The minimum absolute atomic E-state index is 0.476. The normalized spacial score (nSPS) is 19.4. The maximum absolute atomic E-state index is 12.1. The summed E-state index contributed by atoms with van der Waals surface area (Å²) < 4.78 is 0. The predicted octanol–water partition coefficient (Wildman–Crippen LogP) is 3.12. The number of amides is 2. The molecule has 1 aliphatic carbocycles. The van der Waals surface area contributed by atoms with Crippen LogP contribution < -0.4 is 10.6 Å². The summed E-state index contributed by atoms with van der Waals surface area (Å²) in [7, 11) is 0. The molecular weight excluding hydrogens is 346 g/mol. The zero-order valence-electron chi connectivity index (χ0n) is 15.5. The Morgan fingerprint density at radius 3 is 2.54 bits per heavy atom. The van der Waals surface area contributed by atoms with E-state index in [1.165, 1.54) is 25.7 Å². The molecule has 6 heteroatoms. The van der Waals surface area contributed by atoms with Crippen molar-refractivity contribution in [1.82, 2.24) is 10.2 Å². The highest BCUT2D eigenvalue weighted by Crippen LogP contribution is 2.27. The van der Waals surface area contributed by atoms with Crippen LogP contribution in [0.2, 0.25) is 0 Å². The van der Waals surface area contributed by atoms with E-state index >= 15 is 0 Å². The van der Waals surface area contributed by atoms with Gasteiger partial charge in [-0.2, -0.15) is 0 Å². The summed E-state index contributed by atoms with van der Waals surface area (Å²) in [4.78, 5) is 27.8. The number of carbonyl (C=O) groups excluding carboxylic acids is 2. The van der Waals surface area contributed by atoms with Crippen LogP contribution in [0.25, 0.3) is 0 Å². The number of nitrogens with zero attached hydrogens (tertiary/aromatic N) is 1. The minimum atomic E-state index is -0.591. The van der Waals surface area contributed by atoms with Gasteiger partial charge in [-0.3, -0.25) is 9.59 Å². The van der Waals surface area contributed by atoms with Crippen molar-refractivity contribution in [3.63, 3.8) is 0 Å². The minimum Gasteiger partial charge on any atom is -0.348 e. The van der Waals surface area contributed by atoms with Gasteiger partial charge in [0.05, 0.1) is 0 Å². The van der Waals surface area contributed by atoms with Gasteiger partial charge in [0.25, 0.3) is 0 Å². The molecule has 0 spiro atoms. The predicted molar refractivity (Wildman–Crippen MR) is 106 cm³/mol. The Labute approximate surface area is 160 Å². The van der Waals surface area contributed by atoms with Gasteiger partial charge in [-0.05, 0) is 69.1 Å². The number of thioether (sulfide) groups is 1. The zero-order chi connectivity index (χ0) is 18.4. The van der Waals surface area contributed by atoms with Crippen LogP contribution in [-0.4, -0.2) is 48.6 Å². The van der Waals surface area contributed by atoms with Gasteiger partial charge >= 0.3 is 11.8 Å². The molecule has 0 atom stereocenters. The number of benzene rings is 1. The molecule has 2 aliphatic rings. The molecule has 26 heavy (non-hydrogen) atoms. The number of nitrogens with one attached hydrogen (secondary N) is 2. The van der Waals surface area contributed by atoms with E-state index in [0.29, 0.717) is 18.2 Å². The first-order valence-electron chi connectivity index (χ1n) is 9.63. The number of hydrogen-bond donors (Lipinski definition) is 2. The molecule has 5 nitrogen and oxygen atoms in total. The second-order valence-electron chi connectivity index (χ2n) is 7.31. The molecule has 1 heterocycles. The van der Waals surface area contributed by atoms with Gasteiger partial charge in [0.2, 0.25) is 0 Å². The Bertz CT molecular complexity index is 623. The molecule has 1 aromatic rings. The van der Waals surface area contributed by atoms with Crippen molar-refractivity contribution in [3.8, 4) is 0 Å². The van der Waals surface area contributed by atoms with Crippen LogP contribution in [0.4, 0.5) is 5.69 Å². The number of piperidine rings is 1. The number of rotatable bonds is 5. The molecule has 1 aliphatic heterocycles. The largest absolute Gasteiger partial charge is 0.348 e. The SMILES string of the molecule is CSc1cccc(NC(=O)C(=O)NCC2CCN(C3CCCC3)CC2)c1. The number of hydrogen-bond acceptors (Lipinski definition) is 4. The van der Waals surface area contributed by atoms with Crippen molar-refractivity contribution >= 4 is 29.3 Å². The summed E-state index contributed by atoms with van der Waals surface area (Å²) in [5, 5.41) is 5.49. The number of carbonyl (C=O) groups is 2. The highest BCUT2D eigenvalue weighted by Gasteiger charge is 2.27. The molecule has 1 aromatic carbocycles. The third-order valence-corrected chi connectivity index (χ3v) is 6.30. The van der Waals surface area contributed by atoms with E-state index in [4.69, 9.17) is 0 Å². The van der Waals surface area contributed by atoms with Crippen molar-refractivity contribution in [2.24, 2.45) is 5.92 Å². The van der Waals surface area contributed by atoms with Crippen molar-refractivity contribution in [2.45, 2.75) is 49.5 Å². The maximum Gasteiger partial charge on any atom is 0.313 e. The highest BCUT2D eigenvalue weighted by molar-refractivity contribution is 7.98. The molecule has 0 bridgehead atoms. The lowest BCUT2D eigenvalue weighted by molar-refractivity contribution is -0.136.